The highest BCUT2D eigenvalue weighted by Crippen LogP contribution is 2.24. The molecular formula is C9H10N4O2S. The van der Waals surface area contributed by atoms with E-state index in [0.717, 1.165) is 5.69 Å². The normalized spacial score (nSPS) is 25.1. The molecule has 0 amide bonds. The van der Waals surface area contributed by atoms with Gasteiger partial charge >= 0.3 is 0 Å². The monoisotopic (exact) mass is 238 g/mol. The summed E-state index contributed by atoms with van der Waals surface area (Å²) in [7, 11) is 0. The van der Waals surface area contributed by atoms with Gasteiger partial charge in [0.05, 0.1) is 17.7 Å². The van der Waals surface area contributed by atoms with Crippen molar-refractivity contribution in [2.24, 2.45) is 0 Å². The van der Waals surface area contributed by atoms with E-state index in [2.05, 4.69) is 20.4 Å². The van der Waals surface area contributed by atoms with Crippen molar-refractivity contribution in [1.82, 2.24) is 20.4 Å². The minimum Gasteiger partial charge on any atom is -0.392 e. The van der Waals surface area contributed by atoms with E-state index >= 15 is 0 Å². The Kier molecular flexibility index (Phi) is 2.43. The molecule has 7 heteroatoms. The molecule has 3 heterocycles. The predicted molar refractivity (Wildman–Crippen MR) is 56.8 cm³/mol. The van der Waals surface area contributed by atoms with Gasteiger partial charge in [0.1, 0.15) is 5.69 Å². The van der Waals surface area contributed by atoms with E-state index in [1.165, 1.54) is 11.3 Å². The van der Waals surface area contributed by atoms with E-state index in [9.17, 15) is 5.11 Å². The van der Waals surface area contributed by atoms with Gasteiger partial charge in [-0.2, -0.15) is 4.98 Å². The van der Waals surface area contributed by atoms with Crippen molar-refractivity contribution in [2.45, 2.75) is 18.6 Å². The zero-order valence-corrected chi connectivity index (χ0v) is 9.15. The van der Waals surface area contributed by atoms with Crippen molar-refractivity contribution < 1.29 is 9.63 Å². The van der Waals surface area contributed by atoms with Gasteiger partial charge in [-0.15, -0.1) is 11.3 Å². The molecule has 0 aromatic carbocycles. The molecule has 0 bridgehead atoms. The van der Waals surface area contributed by atoms with Crippen LogP contribution in [0.1, 0.15) is 18.4 Å². The van der Waals surface area contributed by atoms with Gasteiger partial charge in [-0.25, -0.2) is 4.98 Å². The highest BCUT2D eigenvalue weighted by Gasteiger charge is 2.28. The van der Waals surface area contributed by atoms with Crippen LogP contribution in [-0.2, 0) is 0 Å². The summed E-state index contributed by atoms with van der Waals surface area (Å²) in [6, 6.07) is -0.0464. The molecule has 84 valence electrons. The average Bonchev–Trinajstić information content (AvgIpc) is 2.97. The molecule has 16 heavy (non-hydrogen) atoms. The molecule has 1 aliphatic heterocycles. The average molecular weight is 238 g/mol. The van der Waals surface area contributed by atoms with E-state index in [-0.39, 0.29) is 12.1 Å². The number of thiazole rings is 1. The van der Waals surface area contributed by atoms with Crippen LogP contribution < -0.4 is 5.32 Å². The first-order chi connectivity index (χ1) is 7.83. The summed E-state index contributed by atoms with van der Waals surface area (Å²) in [5, 5.41) is 18.2. The second-order valence-corrected chi connectivity index (χ2v) is 4.40. The third-order valence-corrected chi connectivity index (χ3v) is 3.10. The molecular weight excluding hydrogens is 228 g/mol. The van der Waals surface area contributed by atoms with E-state index in [4.69, 9.17) is 4.52 Å². The SMILES string of the molecule is O[C@@H]1CN[C@H](c2nc(-c3cscn3)no2)C1. The van der Waals surface area contributed by atoms with Crippen LogP contribution >= 0.6 is 11.3 Å². The van der Waals surface area contributed by atoms with Crippen molar-refractivity contribution in [3.63, 3.8) is 0 Å². The lowest BCUT2D eigenvalue weighted by molar-refractivity contribution is 0.191. The Hall–Kier alpha value is -1.31. The maximum Gasteiger partial charge on any atom is 0.244 e. The highest BCUT2D eigenvalue weighted by molar-refractivity contribution is 7.07. The lowest BCUT2D eigenvalue weighted by Gasteiger charge is -2.01. The van der Waals surface area contributed by atoms with Gasteiger partial charge in [0.2, 0.25) is 11.7 Å². The Morgan fingerprint density at radius 1 is 1.56 bits per heavy atom. The minimum absolute atomic E-state index is 0.0464. The molecule has 2 atom stereocenters. The third-order valence-electron chi connectivity index (χ3n) is 2.51. The fraction of sp³-hybridized carbons (Fsp3) is 0.444. The van der Waals surface area contributed by atoms with Gasteiger partial charge in [-0.05, 0) is 6.42 Å². The van der Waals surface area contributed by atoms with E-state index in [1.807, 2.05) is 5.38 Å². The number of nitrogens with one attached hydrogen (secondary N) is 1. The van der Waals surface area contributed by atoms with Crippen LogP contribution in [-0.4, -0.2) is 32.9 Å². The van der Waals surface area contributed by atoms with E-state index < -0.39 is 0 Å². The fourth-order valence-electron chi connectivity index (χ4n) is 1.71. The van der Waals surface area contributed by atoms with Gasteiger partial charge in [0.25, 0.3) is 0 Å². The Balaban J connectivity index is 1.83. The van der Waals surface area contributed by atoms with E-state index in [0.29, 0.717) is 24.7 Å². The van der Waals surface area contributed by atoms with Crippen LogP contribution in [0, 0.1) is 0 Å². The van der Waals surface area contributed by atoms with Crippen LogP contribution in [0.5, 0.6) is 0 Å². The standard InChI is InChI=1S/C9H10N4O2S/c14-5-1-6(10-2-5)9-12-8(13-15-9)7-3-16-4-11-7/h3-6,10,14H,1-2H2/t5-,6-/m0/s1. The second kappa shape index (κ2) is 3.93. The molecule has 0 unspecified atom stereocenters. The number of hydrogen-bond acceptors (Lipinski definition) is 7. The van der Waals surface area contributed by atoms with Gasteiger partial charge in [0, 0.05) is 11.9 Å². The van der Waals surface area contributed by atoms with Gasteiger partial charge in [0.15, 0.2) is 0 Å². The first kappa shape index (κ1) is 9.88. The lowest BCUT2D eigenvalue weighted by atomic mass is 10.2. The first-order valence-electron chi connectivity index (χ1n) is 4.96. The molecule has 0 radical (unpaired) electrons. The highest BCUT2D eigenvalue weighted by atomic mass is 32.1. The summed E-state index contributed by atoms with van der Waals surface area (Å²) < 4.78 is 5.15. The molecule has 2 aromatic heterocycles. The Labute approximate surface area is 95.3 Å². The summed E-state index contributed by atoms with van der Waals surface area (Å²) in [4.78, 5) is 8.37. The van der Waals surface area contributed by atoms with Crippen molar-refractivity contribution in [3.05, 3.63) is 16.8 Å². The maximum atomic E-state index is 9.39. The van der Waals surface area contributed by atoms with Gasteiger partial charge < -0.3 is 14.9 Å². The Bertz CT molecular complexity index is 470. The quantitative estimate of drug-likeness (QED) is 0.796. The van der Waals surface area contributed by atoms with Crippen LogP contribution in [0.2, 0.25) is 0 Å². The van der Waals surface area contributed by atoms with Crippen LogP contribution in [0.25, 0.3) is 11.5 Å². The number of nitrogens with zero attached hydrogens (tertiary/aromatic N) is 3. The molecule has 1 aliphatic rings. The summed E-state index contributed by atoms with van der Waals surface area (Å²) in [6.45, 7) is 0.569. The molecule has 0 spiro atoms. The predicted octanol–water partition coefficient (Wildman–Crippen LogP) is 0.588. The molecule has 1 fully saturated rings. The molecule has 3 rings (SSSR count). The van der Waals surface area contributed by atoms with Gasteiger partial charge in [-0.3, -0.25) is 0 Å². The number of rotatable bonds is 2. The van der Waals surface area contributed by atoms with Crippen molar-refractivity contribution in [3.8, 4) is 11.5 Å². The smallest absolute Gasteiger partial charge is 0.244 e. The zero-order valence-electron chi connectivity index (χ0n) is 8.33. The number of hydrogen-bond donors (Lipinski definition) is 2. The van der Waals surface area contributed by atoms with Gasteiger partial charge in [-0.1, -0.05) is 5.16 Å². The molecule has 0 saturated carbocycles. The van der Waals surface area contributed by atoms with Crippen molar-refractivity contribution >= 4 is 11.3 Å². The topological polar surface area (TPSA) is 84.1 Å². The summed E-state index contributed by atoms with van der Waals surface area (Å²) >= 11 is 1.49. The molecule has 2 aromatic rings. The molecule has 0 aliphatic carbocycles. The minimum atomic E-state index is -0.334. The zero-order chi connectivity index (χ0) is 11.0. The van der Waals surface area contributed by atoms with Crippen molar-refractivity contribution in [2.75, 3.05) is 6.54 Å². The Morgan fingerprint density at radius 2 is 2.50 bits per heavy atom. The van der Waals surface area contributed by atoms with Crippen LogP contribution in [0.3, 0.4) is 0 Å². The fourth-order valence-corrected chi connectivity index (χ4v) is 2.24. The molecule has 6 nitrogen and oxygen atoms in total. The number of aliphatic hydroxyl groups excluding tert-OH is 1. The number of aliphatic hydroxyl groups is 1. The molecule has 1 saturated heterocycles. The van der Waals surface area contributed by atoms with Crippen LogP contribution in [0.4, 0.5) is 0 Å². The largest absolute Gasteiger partial charge is 0.392 e. The maximum absolute atomic E-state index is 9.39. The van der Waals surface area contributed by atoms with Crippen molar-refractivity contribution in [1.29, 1.82) is 0 Å². The lowest BCUT2D eigenvalue weighted by Crippen LogP contribution is -2.15. The summed E-state index contributed by atoms with van der Waals surface area (Å²) in [5.41, 5.74) is 2.45. The third kappa shape index (κ3) is 1.73. The summed E-state index contributed by atoms with van der Waals surface area (Å²) in [6.07, 6.45) is 0.276. The molecule has 2 N–H and O–H groups in total. The first-order valence-corrected chi connectivity index (χ1v) is 5.91. The Morgan fingerprint density at radius 3 is 3.19 bits per heavy atom. The van der Waals surface area contributed by atoms with E-state index in [1.54, 1.807) is 5.51 Å². The number of β-amino-alcohol motifs (C(OH)–C–C–N with tert-alkyl or cyclic N) is 1. The second-order valence-electron chi connectivity index (χ2n) is 3.68. The van der Waals surface area contributed by atoms with Crippen LogP contribution in [0.15, 0.2) is 15.4 Å². The number of aromatic nitrogens is 3. The summed E-state index contributed by atoms with van der Waals surface area (Å²) in [5.74, 6) is 1.01.